The van der Waals surface area contributed by atoms with Gasteiger partial charge in [-0.25, -0.2) is 9.37 Å². The van der Waals surface area contributed by atoms with Gasteiger partial charge in [-0.3, -0.25) is 0 Å². The third-order valence-electron chi connectivity index (χ3n) is 1.23. The highest BCUT2D eigenvalue weighted by atomic mass is 19.2. The van der Waals surface area contributed by atoms with E-state index in [1.807, 2.05) is 0 Å². The van der Waals surface area contributed by atoms with Gasteiger partial charge in [-0.15, -0.1) is 0 Å². The molecule has 1 aromatic heterocycles. The fourth-order valence-corrected chi connectivity index (χ4v) is 0.762. The van der Waals surface area contributed by atoms with E-state index in [0.717, 1.165) is 6.07 Å². The van der Waals surface area contributed by atoms with E-state index < -0.39 is 11.8 Å². The monoisotopic (exact) mass is 158 g/mol. The van der Waals surface area contributed by atoms with Gasteiger partial charge in [0.15, 0.2) is 5.82 Å². The lowest BCUT2D eigenvalue weighted by molar-refractivity contribution is 0.476. The lowest BCUT2D eigenvalue weighted by Crippen LogP contribution is -2.06. The van der Waals surface area contributed by atoms with Gasteiger partial charge in [0.05, 0.1) is 0 Å². The molecule has 0 aliphatic heterocycles. The molecule has 4 heteroatoms. The van der Waals surface area contributed by atoms with E-state index in [4.69, 9.17) is 0 Å². The van der Waals surface area contributed by atoms with Crippen LogP contribution in [0, 0.1) is 11.8 Å². The number of nitrogens with one attached hydrogen (secondary N) is 1. The van der Waals surface area contributed by atoms with Crippen molar-refractivity contribution < 1.29 is 8.78 Å². The summed E-state index contributed by atoms with van der Waals surface area (Å²) >= 11 is 0. The SMILES string of the molecule is CNCc1cnc(F)c(F)c1. The fraction of sp³-hybridized carbons (Fsp3) is 0.286. The lowest BCUT2D eigenvalue weighted by Gasteiger charge is -1.98. The molecule has 0 saturated carbocycles. The number of aromatic nitrogens is 1. The van der Waals surface area contributed by atoms with E-state index in [0.29, 0.717) is 12.1 Å². The summed E-state index contributed by atoms with van der Waals surface area (Å²) in [5, 5.41) is 2.80. The molecule has 0 atom stereocenters. The molecule has 60 valence electrons. The molecule has 0 radical (unpaired) electrons. The molecule has 0 aromatic carbocycles. The predicted octanol–water partition coefficient (Wildman–Crippen LogP) is 1.08. The highest BCUT2D eigenvalue weighted by Crippen LogP contribution is 2.04. The van der Waals surface area contributed by atoms with Gasteiger partial charge in [0, 0.05) is 12.7 Å². The Kier molecular flexibility index (Phi) is 2.48. The second-order valence-electron chi connectivity index (χ2n) is 2.15. The van der Waals surface area contributed by atoms with Gasteiger partial charge in [-0.1, -0.05) is 0 Å². The first-order chi connectivity index (χ1) is 5.24. The topological polar surface area (TPSA) is 24.9 Å². The van der Waals surface area contributed by atoms with Gasteiger partial charge in [0.25, 0.3) is 0 Å². The summed E-state index contributed by atoms with van der Waals surface area (Å²) in [6.45, 7) is 0.490. The number of hydrogen-bond donors (Lipinski definition) is 1. The second-order valence-corrected chi connectivity index (χ2v) is 2.15. The quantitative estimate of drug-likeness (QED) is 0.651. The Morgan fingerprint density at radius 2 is 2.27 bits per heavy atom. The van der Waals surface area contributed by atoms with E-state index in [1.165, 1.54) is 6.20 Å². The molecule has 1 N–H and O–H groups in total. The molecule has 2 nitrogen and oxygen atoms in total. The molecule has 0 unspecified atom stereocenters. The lowest BCUT2D eigenvalue weighted by atomic mass is 10.3. The minimum absolute atomic E-state index is 0.490. The van der Waals surface area contributed by atoms with Gasteiger partial charge in [-0.05, 0) is 18.7 Å². The summed E-state index contributed by atoms with van der Waals surface area (Å²) in [6, 6.07) is 1.12. The highest BCUT2D eigenvalue weighted by molar-refractivity contribution is 5.10. The van der Waals surface area contributed by atoms with E-state index in [2.05, 4.69) is 10.3 Å². The molecule has 1 aromatic rings. The minimum atomic E-state index is -1.05. The third kappa shape index (κ3) is 1.94. The number of rotatable bonds is 2. The van der Waals surface area contributed by atoms with Gasteiger partial charge in [0.2, 0.25) is 5.95 Å². The van der Waals surface area contributed by atoms with Crippen LogP contribution in [-0.2, 0) is 6.54 Å². The Morgan fingerprint density at radius 1 is 1.55 bits per heavy atom. The van der Waals surface area contributed by atoms with Crippen LogP contribution in [0.1, 0.15) is 5.56 Å². The van der Waals surface area contributed by atoms with Gasteiger partial charge in [0.1, 0.15) is 0 Å². The van der Waals surface area contributed by atoms with Crippen molar-refractivity contribution in [1.29, 1.82) is 0 Å². The van der Waals surface area contributed by atoms with E-state index in [-0.39, 0.29) is 0 Å². The van der Waals surface area contributed by atoms with Crippen molar-refractivity contribution in [2.75, 3.05) is 7.05 Å². The zero-order chi connectivity index (χ0) is 8.27. The van der Waals surface area contributed by atoms with Crippen molar-refractivity contribution in [3.8, 4) is 0 Å². The first kappa shape index (κ1) is 8.07. The highest BCUT2D eigenvalue weighted by Gasteiger charge is 2.02. The van der Waals surface area contributed by atoms with Crippen LogP contribution in [0.4, 0.5) is 8.78 Å². The molecule has 0 bridgehead atoms. The van der Waals surface area contributed by atoms with Crippen molar-refractivity contribution in [2.24, 2.45) is 0 Å². The van der Waals surface area contributed by atoms with Crippen LogP contribution in [0.3, 0.4) is 0 Å². The Bertz CT molecular complexity index is 250. The van der Waals surface area contributed by atoms with Crippen LogP contribution in [0.25, 0.3) is 0 Å². The number of nitrogens with zero attached hydrogens (tertiary/aromatic N) is 1. The van der Waals surface area contributed by atoms with Crippen LogP contribution < -0.4 is 5.32 Å². The van der Waals surface area contributed by atoms with Crippen LogP contribution in [-0.4, -0.2) is 12.0 Å². The Labute approximate surface area is 63.3 Å². The van der Waals surface area contributed by atoms with E-state index in [1.54, 1.807) is 7.05 Å². The maximum absolute atomic E-state index is 12.4. The molecule has 11 heavy (non-hydrogen) atoms. The third-order valence-corrected chi connectivity index (χ3v) is 1.23. The zero-order valence-corrected chi connectivity index (χ0v) is 6.06. The molecule has 0 fully saturated rings. The van der Waals surface area contributed by atoms with Crippen LogP contribution in [0.5, 0.6) is 0 Å². The van der Waals surface area contributed by atoms with Gasteiger partial charge < -0.3 is 5.32 Å². The van der Waals surface area contributed by atoms with E-state index in [9.17, 15) is 8.78 Å². The molecule has 1 rings (SSSR count). The maximum Gasteiger partial charge on any atom is 0.248 e. The average Bonchev–Trinajstić information content (AvgIpc) is 1.98. The van der Waals surface area contributed by atoms with Crippen LogP contribution in [0.2, 0.25) is 0 Å². The summed E-state index contributed by atoms with van der Waals surface area (Å²) < 4.78 is 24.7. The number of pyridine rings is 1. The molecule has 0 aliphatic rings. The first-order valence-electron chi connectivity index (χ1n) is 3.18. The minimum Gasteiger partial charge on any atom is -0.316 e. The summed E-state index contributed by atoms with van der Waals surface area (Å²) in [5.74, 6) is -1.96. The van der Waals surface area contributed by atoms with Crippen LogP contribution >= 0.6 is 0 Å². The van der Waals surface area contributed by atoms with Crippen molar-refractivity contribution in [3.05, 3.63) is 29.6 Å². The van der Waals surface area contributed by atoms with Crippen molar-refractivity contribution in [3.63, 3.8) is 0 Å². The molecule has 0 aliphatic carbocycles. The maximum atomic E-state index is 12.4. The fourth-order valence-electron chi connectivity index (χ4n) is 0.762. The van der Waals surface area contributed by atoms with Crippen molar-refractivity contribution in [2.45, 2.75) is 6.54 Å². The molecular weight excluding hydrogens is 150 g/mol. The largest absolute Gasteiger partial charge is 0.316 e. The van der Waals surface area contributed by atoms with Gasteiger partial charge in [-0.2, -0.15) is 4.39 Å². The summed E-state index contributed by atoms with van der Waals surface area (Å²) in [6.07, 6.45) is 1.30. The summed E-state index contributed by atoms with van der Waals surface area (Å²) in [4.78, 5) is 3.22. The van der Waals surface area contributed by atoms with E-state index >= 15 is 0 Å². The Hall–Kier alpha value is -1.03. The summed E-state index contributed by atoms with van der Waals surface area (Å²) in [7, 11) is 1.72. The Morgan fingerprint density at radius 3 is 2.82 bits per heavy atom. The molecule has 0 amide bonds. The summed E-state index contributed by atoms with van der Waals surface area (Å²) in [5.41, 5.74) is 0.631. The average molecular weight is 158 g/mol. The van der Waals surface area contributed by atoms with Crippen molar-refractivity contribution >= 4 is 0 Å². The normalized spacial score (nSPS) is 10.1. The second kappa shape index (κ2) is 3.39. The molecule has 1 heterocycles. The first-order valence-corrected chi connectivity index (χ1v) is 3.18. The van der Waals surface area contributed by atoms with Gasteiger partial charge >= 0.3 is 0 Å². The standard InChI is InChI=1S/C7H8F2N2/c1-10-3-5-2-6(8)7(9)11-4-5/h2,4,10H,3H2,1H3. The number of hydrogen-bond acceptors (Lipinski definition) is 2. The Balaban J connectivity index is 2.86. The number of halogens is 2. The van der Waals surface area contributed by atoms with Crippen molar-refractivity contribution in [1.82, 2.24) is 10.3 Å². The molecular formula is C7H8F2N2. The molecule has 0 saturated heterocycles. The predicted molar refractivity (Wildman–Crippen MR) is 36.9 cm³/mol. The smallest absolute Gasteiger partial charge is 0.248 e. The molecule has 0 spiro atoms. The zero-order valence-electron chi connectivity index (χ0n) is 6.06. The van der Waals surface area contributed by atoms with Crippen LogP contribution in [0.15, 0.2) is 12.3 Å².